The van der Waals surface area contributed by atoms with E-state index in [2.05, 4.69) is 42.4 Å². The number of likely N-dealkylation sites (tertiary alicyclic amines) is 1. The quantitative estimate of drug-likeness (QED) is 0.725. The molecular weight excluding hydrogens is 336 g/mol. The molecule has 1 aliphatic rings. The summed E-state index contributed by atoms with van der Waals surface area (Å²) in [5, 5.41) is 1.31. The Morgan fingerprint density at radius 3 is 2.59 bits per heavy atom. The van der Waals surface area contributed by atoms with Crippen LogP contribution >= 0.6 is 0 Å². The molecule has 0 spiro atoms. The molecule has 1 N–H and O–H groups in total. The first-order valence-corrected chi connectivity index (χ1v) is 9.80. The van der Waals surface area contributed by atoms with Crippen molar-refractivity contribution in [3.05, 3.63) is 65.9 Å². The fraction of sp³-hybridized carbons (Fsp3) is 0.348. The average molecular weight is 362 g/mol. The molecule has 140 valence electrons. The Balaban J connectivity index is 1.31. The third-order valence-electron chi connectivity index (χ3n) is 5.60. The van der Waals surface area contributed by atoms with Gasteiger partial charge in [0.25, 0.3) is 5.91 Å². The van der Waals surface area contributed by atoms with Gasteiger partial charge in [-0.05, 0) is 54.5 Å². The van der Waals surface area contributed by atoms with Gasteiger partial charge in [0.05, 0.1) is 0 Å². The summed E-state index contributed by atoms with van der Waals surface area (Å²) >= 11 is 0. The molecule has 1 amide bonds. The van der Waals surface area contributed by atoms with Crippen LogP contribution in [0.4, 0.5) is 0 Å². The molecule has 1 fully saturated rings. The van der Waals surface area contributed by atoms with E-state index in [4.69, 9.17) is 4.74 Å². The lowest BCUT2D eigenvalue weighted by Gasteiger charge is -2.32. The van der Waals surface area contributed by atoms with Gasteiger partial charge < -0.3 is 14.6 Å². The summed E-state index contributed by atoms with van der Waals surface area (Å²) in [5.74, 6) is 1.34. The van der Waals surface area contributed by atoms with Crippen LogP contribution < -0.4 is 4.74 Å². The van der Waals surface area contributed by atoms with Crippen LogP contribution in [0.2, 0.25) is 0 Å². The van der Waals surface area contributed by atoms with Crippen molar-refractivity contribution in [1.29, 1.82) is 0 Å². The van der Waals surface area contributed by atoms with Crippen molar-refractivity contribution in [2.24, 2.45) is 0 Å². The van der Waals surface area contributed by atoms with E-state index in [0.29, 0.717) is 5.92 Å². The van der Waals surface area contributed by atoms with Crippen molar-refractivity contribution in [2.75, 3.05) is 19.7 Å². The fourth-order valence-corrected chi connectivity index (χ4v) is 3.93. The molecular formula is C23H26N2O2. The van der Waals surface area contributed by atoms with Gasteiger partial charge in [0.2, 0.25) is 0 Å². The van der Waals surface area contributed by atoms with Gasteiger partial charge in [0, 0.05) is 30.2 Å². The number of carbonyl (C=O) groups excluding carboxylic acids is 1. The first-order valence-electron chi connectivity index (χ1n) is 9.80. The molecule has 0 saturated carbocycles. The number of rotatable bonds is 5. The minimum atomic E-state index is 0.0759. The smallest absolute Gasteiger partial charge is 0.260 e. The zero-order valence-corrected chi connectivity index (χ0v) is 15.8. The predicted molar refractivity (Wildman–Crippen MR) is 108 cm³/mol. The number of aryl methyl sites for hydroxylation is 1. The number of fused-ring (bicyclic) bond motifs is 1. The summed E-state index contributed by atoms with van der Waals surface area (Å²) in [6.07, 6.45) is 5.14. The van der Waals surface area contributed by atoms with Gasteiger partial charge in [-0.2, -0.15) is 0 Å². The van der Waals surface area contributed by atoms with Gasteiger partial charge in [-0.25, -0.2) is 0 Å². The molecule has 1 aromatic heterocycles. The number of nitrogens with one attached hydrogen (secondary N) is 1. The molecule has 27 heavy (non-hydrogen) atoms. The van der Waals surface area contributed by atoms with Crippen molar-refractivity contribution < 1.29 is 9.53 Å². The number of H-pyrrole nitrogens is 1. The zero-order chi connectivity index (χ0) is 18.6. The number of hydrogen-bond acceptors (Lipinski definition) is 2. The topological polar surface area (TPSA) is 45.3 Å². The summed E-state index contributed by atoms with van der Waals surface area (Å²) in [7, 11) is 0. The molecule has 0 bridgehead atoms. The van der Waals surface area contributed by atoms with E-state index in [1.807, 2.05) is 29.2 Å². The Kier molecular flexibility index (Phi) is 5.14. The molecule has 0 unspecified atom stereocenters. The highest BCUT2D eigenvalue weighted by Crippen LogP contribution is 2.33. The van der Waals surface area contributed by atoms with Crippen molar-refractivity contribution in [3.8, 4) is 5.75 Å². The molecule has 1 aliphatic heterocycles. The van der Waals surface area contributed by atoms with Gasteiger partial charge >= 0.3 is 0 Å². The molecule has 2 heterocycles. The van der Waals surface area contributed by atoms with Crippen LogP contribution in [0, 0.1) is 0 Å². The van der Waals surface area contributed by atoms with E-state index in [-0.39, 0.29) is 12.5 Å². The highest BCUT2D eigenvalue weighted by atomic mass is 16.5. The van der Waals surface area contributed by atoms with Crippen LogP contribution in [0.15, 0.2) is 54.7 Å². The number of para-hydroxylation sites is 1. The molecule has 4 heteroatoms. The van der Waals surface area contributed by atoms with Gasteiger partial charge in [-0.3, -0.25) is 4.79 Å². The Labute approximate surface area is 160 Å². The first-order chi connectivity index (χ1) is 13.2. The second-order valence-corrected chi connectivity index (χ2v) is 7.23. The maximum Gasteiger partial charge on any atom is 0.260 e. The monoisotopic (exact) mass is 362 g/mol. The number of ether oxygens (including phenoxy) is 1. The van der Waals surface area contributed by atoms with E-state index < -0.39 is 0 Å². The second kappa shape index (κ2) is 7.87. The molecule has 4 nitrogen and oxygen atoms in total. The fourth-order valence-electron chi connectivity index (χ4n) is 3.93. The average Bonchev–Trinajstić information content (AvgIpc) is 3.16. The Morgan fingerprint density at radius 2 is 1.85 bits per heavy atom. The maximum absolute atomic E-state index is 12.5. The number of benzene rings is 2. The number of amides is 1. The number of carbonyl (C=O) groups is 1. The van der Waals surface area contributed by atoms with E-state index in [9.17, 15) is 4.79 Å². The highest BCUT2D eigenvalue weighted by Gasteiger charge is 2.25. The molecule has 0 atom stereocenters. The molecule has 0 aliphatic carbocycles. The Hall–Kier alpha value is -2.75. The lowest BCUT2D eigenvalue weighted by Crippen LogP contribution is -2.40. The molecule has 1 saturated heterocycles. The minimum Gasteiger partial charge on any atom is -0.484 e. The van der Waals surface area contributed by atoms with Gasteiger partial charge in [0.1, 0.15) is 5.75 Å². The third kappa shape index (κ3) is 3.85. The largest absolute Gasteiger partial charge is 0.484 e. The summed E-state index contributed by atoms with van der Waals surface area (Å²) < 4.78 is 5.68. The third-order valence-corrected chi connectivity index (χ3v) is 5.60. The molecule has 4 rings (SSSR count). The Bertz CT molecular complexity index is 906. The Morgan fingerprint density at radius 1 is 1.11 bits per heavy atom. The highest BCUT2D eigenvalue weighted by molar-refractivity contribution is 5.83. The van der Waals surface area contributed by atoms with E-state index in [1.54, 1.807) is 0 Å². The molecule has 3 aromatic rings. The van der Waals surface area contributed by atoms with E-state index >= 15 is 0 Å². The number of nitrogens with zero attached hydrogens (tertiary/aromatic N) is 1. The van der Waals surface area contributed by atoms with Gasteiger partial charge in [-0.1, -0.05) is 37.3 Å². The van der Waals surface area contributed by atoms with Crippen LogP contribution in [0.25, 0.3) is 10.9 Å². The normalized spacial score (nSPS) is 15.2. The van der Waals surface area contributed by atoms with E-state index in [0.717, 1.165) is 38.1 Å². The molecule has 2 aromatic carbocycles. The van der Waals surface area contributed by atoms with Gasteiger partial charge in [-0.15, -0.1) is 0 Å². The van der Waals surface area contributed by atoms with Gasteiger partial charge in [0.15, 0.2) is 6.61 Å². The zero-order valence-electron chi connectivity index (χ0n) is 15.8. The van der Waals surface area contributed by atoms with Crippen molar-refractivity contribution in [1.82, 2.24) is 9.88 Å². The summed E-state index contributed by atoms with van der Waals surface area (Å²) in [4.78, 5) is 17.8. The van der Waals surface area contributed by atoms with Crippen LogP contribution in [0.1, 0.15) is 36.8 Å². The number of piperidine rings is 1. The maximum atomic E-state index is 12.5. The number of aromatic amines is 1. The summed E-state index contributed by atoms with van der Waals surface area (Å²) in [5.41, 5.74) is 3.84. The summed E-state index contributed by atoms with van der Waals surface area (Å²) in [6, 6.07) is 16.4. The lowest BCUT2D eigenvalue weighted by molar-refractivity contribution is -0.134. The van der Waals surface area contributed by atoms with Crippen LogP contribution in [-0.4, -0.2) is 35.5 Å². The van der Waals surface area contributed by atoms with Crippen molar-refractivity contribution in [3.63, 3.8) is 0 Å². The molecule has 0 radical (unpaired) electrons. The van der Waals surface area contributed by atoms with Crippen LogP contribution in [0.5, 0.6) is 5.75 Å². The SMILES string of the molecule is CCc1ccc(OCC(=O)N2CCC(c3c[nH]c4ccccc34)CC2)cc1. The number of aromatic nitrogens is 1. The second-order valence-electron chi connectivity index (χ2n) is 7.23. The minimum absolute atomic E-state index is 0.0759. The lowest BCUT2D eigenvalue weighted by atomic mass is 9.89. The predicted octanol–water partition coefficient (Wildman–Crippen LogP) is 4.52. The van der Waals surface area contributed by atoms with Crippen molar-refractivity contribution in [2.45, 2.75) is 32.1 Å². The van der Waals surface area contributed by atoms with Crippen molar-refractivity contribution >= 4 is 16.8 Å². The van der Waals surface area contributed by atoms with E-state index in [1.165, 1.54) is 22.0 Å². The summed E-state index contributed by atoms with van der Waals surface area (Å²) in [6.45, 7) is 3.82. The number of hydrogen-bond donors (Lipinski definition) is 1. The standard InChI is InChI=1S/C23H26N2O2/c1-2-17-7-9-19(10-8-17)27-16-23(26)25-13-11-18(12-14-25)21-15-24-22-6-4-3-5-20(21)22/h3-10,15,18,24H,2,11-14,16H2,1H3. The first kappa shape index (κ1) is 17.7. The van der Waals surface area contributed by atoms with Crippen LogP contribution in [-0.2, 0) is 11.2 Å². The van der Waals surface area contributed by atoms with Crippen LogP contribution in [0.3, 0.4) is 0 Å².